The molecule has 1 aliphatic rings. The lowest BCUT2D eigenvalue weighted by Crippen LogP contribution is -2.48. The van der Waals surface area contributed by atoms with Gasteiger partial charge in [-0.15, -0.1) is 0 Å². The monoisotopic (exact) mass is 581 g/mol. The second-order valence-electron chi connectivity index (χ2n) is 11.7. The lowest BCUT2D eigenvalue weighted by molar-refractivity contribution is -0.143. The van der Waals surface area contributed by atoms with E-state index in [0.29, 0.717) is 26.2 Å². The van der Waals surface area contributed by atoms with Gasteiger partial charge in [0.2, 0.25) is 0 Å². The molecule has 1 aliphatic carbocycles. The van der Waals surface area contributed by atoms with E-state index in [9.17, 15) is 4.79 Å². The molecule has 42 heavy (non-hydrogen) atoms. The zero-order chi connectivity index (χ0) is 29.8. The number of nitrogens with zero attached hydrogens (tertiary/aromatic N) is 1. The normalized spacial score (nSPS) is 20.3. The topological polar surface area (TPSA) is 57.2 Å². The highest BCUT2D eigenvalue weighted by Crippen LogP contribution is 2.33. The van der Waals surface area contributed by atoms with E-state index in [1.807, 2.05) is 19.1 Å². The largest absolute Gasteiger partial charge is 0.466 e. The maximum atomic E-state index is 11.9. The smallest absolute Gasteiger partial charge is 0.305 e. The number of hydrogen-bond acceptors (Lipinski definition) is 6. The Morgan fingerprint density at radius 1 is 0.714 bits per heavy atom. The third kappa shape index (κ3) is 12.5. The van der Waals surface area contributed by atoms with Gasteiger partial charge in [-0.05, 0) is 50.4 Å². The molecule has 0 amide bonds. The summed E-state index contributed by atoms with van der Waals surface area (Å²) < 4.78 is 25.1. The van der Waals surface area contributed by atoms with Crippen LogP contribution in [0.5, 0.6) is 0 Å². The SMILES string of the molecule is CCCCCCCO[C@@H]1[C@@H](N(C)CCCCCC(=O)OCCC)[C@H](OCc2ccccc2)C[C@@H]1OCc1ccccc1. The minimum absolute atomic E-state index is 0.00472. The van der Waals surface area contributed by atoms with Crippen molar-refractivity contribution < 1.29 is 23.7 Å². The number of carbonyl (C=O) groups is 1. The molecule has 2 aromatic rings. The third-order valence-corrected chi connectivity index (χ3v) is 8.09. The summed E-state index contributed by atoms with van der Waals surface area (Å²) in [6.07, 6.45) is 11.0. The average molecular weight is 582 g/mol. The molecule has 0 spiro atoms. The van der Waals surface area contributed by atoms with Crippen LogP contribution in [0.1, 0.15) is 95.6 Å². The van der Waals surface area contributed by atoms with Gasteiger partial charge in [0.1, 0.15) is 6.10 Å². The van der Waals surface area contributed by atoms with Gasteiger partial charge in [0.05, 0.1) is 38.1 Å². The Bertz CT molecular complexity index is 956. The van der Waals surface area contributed by atoms with Crippen molar-refractivity contribution in [3.05, 3.63) is 71.8 Å². The summed E-state index contributed by atoms with van der Waals surface area (Å²) in [6.45, 7) is 7.59. The first-order valence-electron chi connectivity index (χ1n) is 16.4. The van der Waals surface area contributed by atoms with Crippen LogP contribution in [0.15, 0.2) is 60.7 Å². The maximum Gasteiger partial charge on any atom is 0.305 e. The van der Waals surface area contributed by atoms with Crippen LogP contribution in [0, 0.1) is 0 Å². The summed E-state index contributed by atoms with van der Waals surface area (Å²) in [5, 5.41) is 0. The molecule has 3 rings (SSSR count). The van der Waals surface area contributed by atoms with E-state index in [1.54, 1.807) is 0 Å². The summed E-state index contributed by atoms with van der Waals surface area (Å²) >= 11 is 0. The summed E-state index contributed by atoms with van der Waals surface area (Å²) in [7, 11) is 2.19. The number of ether oxygens (including phenoxy) is 4. The van der Waals surface area contributed by atoms with Crippen molar-refractivity contribution in [2.45, 2.75) is 122 Å². The highest BCUT2D eigenvalue weighted by molar-refractivity contribution is 5.69. The van der Waals surface area contributed by atoms with E-state index in [0.717, 1.165) is 51.7 Å². The molecule has 0 heterocycles. The quantitative estimate of drug-likeness (QED) is 0.105. The highest BCUT2D eigenvalue weighted by atomic mass is 16.6. The van der Waals surface area contributed by atoms with Crippen molar-refractivity contribution in [2.75, 3.05) is 26.8 Å². The first-order chi connectivity index (χ1) is 20.6. The van der Waals surface area contributed by atoms with Crippen LogP contribution in [0.3, 0.4) is 0 Å². The molecular weight excluding hydrogens is 526 g/mol. The van der Waals surface area contributed by atoms with Crippen molar-refractivity contribution in [1.82, 2.24) is 4.90 Å². The van der Waals surface area contributed by atoms with Gasteiger partial charge in [-0.1, -0.05) is 107 Å². The molecule has 1 saturated carbocycles. The molecule has 6 heteroatoms. The Balaban J connectivity index is 1.65. The Morgan fingerprint density at radius 3 is 1.98 bits per heavy atom. The summed E-state index contributed by atoms with van der Waals surface area (Å²) in [6, 6.07) is 20.9. The van der Waals surface area contributed by atoms with E-state index in [-0.39, 0.29) is 30.3 Å². The number of carbonyl (C=O) groups excluding carboxylic acids is 1. The second-order valence-corrected chi connectivity index (χ2v) is 11.7. The Labute approximate surface area is 255 Å². The Hall–Kier alpha value is -2.25. The van der Waals surface area contributed by atoms with Gasteiger partial charge in [0, 0.05) is 19.4 Å². The van der Waals surface area contributed by atoms with E-state index in [2.05, 4.69) is 67.4 Å². The van der Waals surface area contributed by atoms with Crippen molar-refractivity contribution in [2.24, 2.45) is 0 Å². The van der Waals surface area contributed by atoms with Gasteiger partial charge in [0.25, 0.3) is 0 Å². The van der Waals surface area contributed by atoms with Crippen LogP contribution in [-0.4, -0.2) is 62.0 Å². The van der Waals surface area contributed by atoms with Gasteiger partial charge < -0.3 is 18.9 Å². The summed E-state index contributed by atoms with van der Waals surface area (Å²) in [5.74, 6) is -0.0822. The van der Waals surface area contributed by atoms with Gasteiger partial charge >= 0.3 is 5.97 Å². The van der Waals surface area contributed by atoms with Crippen molar-refractivity contribution in [1.29, 1.82) is 0 Å². The predicted octanol–water partition coefficient (Wildman–Crippen LogP) is 7.73. The van der Waals surface area contributed by atoms with Gasteiger partial charge in [0.15, 0.2) is 0 Å². The van der Waals surface area contributed by atoms with Crippen LogP contribution in [0.25, 0.3) is 0 Å². The van der Waals surface area contributed by atoms with Gasteiger partial charge in [-0.25, -0.2) is 0 Å². The van der Waals surface area contributed by atoms with Crippen molar-refractivity contribution in [3.63, 3.8) is 0 Å². The number of hydrogen-bond donors (Lipinski definition) is 0. The number of rotatable bonds is 22. The third-order valence-electron chi connectivity index (χ3n) is 8.09. The van der Waals surface area contributed by atoms with Crippen molar-refractivity contribution in [3.8, 4) is 0 Å². The molecule has 6 nitrogen and oxygen atoms in total. The molecule has 0 aromatic heterocycles. The van der Waals surface area contributed by atoms with E-state index >= 15 is 0 Å². The molecule has 1 fully saturated rings. The highest BCUT2D eigenvalue weighted by Gasteiger charge is 2.47. The van der Waals surface area contributed by atoms with Crippen LogP contribution >= 0.6 is 0 Å². The summed E-state index contributed by atoms with van der Waals surface area (Å²) in [4.78, 5) is 14.3. The van der Waals surface area contributed by atoms with E-state index in [4.69, 9.17) is 18.9 Å². The summed E-state index contributed by atoms with van der Waals surface area (Å²) in [5.41, 5.74) is 2.35. The van der Waals surface area contributed by atoms with Crippen LogP contribution in [0.4, 0.5) is 0 Å². The second kappa shape index (κ2) is 20.6. The molecule has 2 aromatic carbocycles. The number of benzene rings is 2. The fourth-order valence-electron chi connectivity index (χ4n) is 5.73. The molecule has 0 saturated heterocycles. The molecule has 234 valence electrons. The minimum atomic E-state index is -0.0822. The number of unbranched alkanes of at least 4 members (excludes halogenated alkanes) is 6. The predicted molar refractivity (Wildman–Crippen MR) is 169 cm³/mol. The van der Waals surface area contributed by atoms with Crippen LogP contribution in [0.2, 0.25) is 0 Å². The number of esters is 1. The fourth-order valence-corrected chi connectivity index (χ4v) is 5.73. The fraction of sp³-hybridized carbons (Fsp3) is 0.639. The molecule has 0 N–H and O–H groups in total. The zero-order valence-electron chi connectivity index (χ0n) is 26.4. The lowest BCUT2D eigenvalue weighted by atomic mass is 10.1. The standard InChI is InChI=1S/C36H55NO5/c1-4-6-7-8-18-26-40-36-33(42-29-31-21-14-10-15-22-31)27-32(41-28-30-19-12-9-13-20-30)35(36)37(3)24-17-11-16-23-34(38)39-25-5-2/h9-10,12-15,19-22,32-33,35-36H,4-8,11,16-18,23-29H2,1-3H3/t32-,33+,35+,36+/m1/s1. The molecular formula is C36H55NO5. The molecule has 0 radical (unpaired) electrons. The molecule has 4 atom stereocenters. The molecule has 0 bridgehead atoms. The number of likely N-dealkylation sites (N-methyl/N-ethyl adjacent to an activating group) is 1. The van der Waals surface area contributed by atoms with E-state index in [1.165, 1.54) is 36.8 Å². The lowest BCUT2D eigenvalue weighted by Gasteiger charge is -2.34. The average Bonchev–Trinajstić information content (AvgIpc) is 3.37. The van der Waals surface area contributed by atoms with Crippen molar-refractivity contribution >= 4 is 5.97 Å². The first kappa shape index (κ1) is 34.2. The molecule has 0 aliphatic heterocycles. The van der Waals surface area contributed by atoms with E-state index < -0.39 is 0 Å². The molecule has 0 unspecified atom stereocenters. The Morgan fingerprint density at radius 2 is 1.33 bits per heavy atom. The van der Waals surface area contributed by atoms with Gasteiger partial charge in [-0.2, -0.15) is 0 Å². The van der Waals surface area contributed by atoms with Crippen LogP contribution in [-0.2, 0) is 37.0 Å². The van der Waals surface area contributed by atoms with Crippen LogP contribution < -0.4 is 0 Å². The maximum absolute atomic E-state index is 11.9. The van der Waals surface area contributed by atoms with Gasteiger partial charge in [-0.3, -0.25) is 9.69 Å². The minimum Gasteiger partial charge on any atom is -0.466 e. The first-order valence-corrected chi connectivity index (χ1v) is 16.4. The zero-order valence-corrected chi connectivity index (χ0v) is 26.4. The Kier molecular flexibility index (Phi) is 16.8.